The summed E-state index contributed by atoms with van der Waals surface area (Å²) in [6, 6.07) is 11.3. The number of nitrogens with one attached hydrogen (secondary N) is 1. The molecule has 0 aromatic heterocycles. The predicted molar refractivity (Wildman–Crippen MR) is 121 cm³/mol. The van der Waals surface area contributed by atoms with Crippen LogP contribution in [0.25, 0.3) is 0 Å². The van der Waals surface area contributed by atoms with Crippen LogP contribution in [0.5, 0.6) is 0 Å². The highest BCUT2D eigenvalue weighted by Gasteiger charge is 2.20. The highest BCUT2D eigenvalue weighted by atomic mass is 19.1. The van der Waals surface area contributed by atoms with Gasteiger partial charge in [-0.2, -0.15) is 0 Å². The first-order chi connectivity index (χ1) is 14.8. The van der Waals surface area contributed by atoms with Gasteiger partial charge in [-0.05, 0) is 83.0 Å². The fourth-order valence-corrected chi connectivity index (χ4v) is 3.35. The zero-order chi connectivity index (χ0) is 22.8. The van der Waals surface area contributed by atoms with Gasteiger partial charge in [0.25, 0.3) is 0 Å². The molecule has 0 saturated carbocycles. The van der Waals surface area contributed by atoms with Crippen LogP contribution in [0.2, 0.25) is 0 Å². The summed E-state index contributed by atoms with van der Waals surface area (Å²) in [6.07, 6.45) is 1.07. The van der Waals surface area contributed by atoms with E-state index < -0.39 is 6.04 Å². The summed E-state index contributed by atoms with van der Waals surface area (Å²) in [5.74, 6) is -0.694. The van der Waals surface area contributed by atoms with Crippen LogP contribution in [0.3, 0.4) is 0 Å². The molecule has 2 aromatic rings. The zero-order valence-corrected chi connectivity index (χ0v) is 18.9. The van der Waals surface area contributed by atoms with Crippen LogP contribution >= 0.6 is 0 Å². The van der Waals surface area contributed by atoms with Crippen LogP contribution in [-0.2, 0) is 0 Å². The highest BCUT2D eigenvalue weighted by molar-refractivity contribution is 5.75. The van der Waals surface area contributed by atoms with Gasteiger partial charge >= 0.3 is 6.03 Å². The number of benzene rings is 2. The summed E-state index contributed by atoms with van der Waals surface area (Å²) in [6.45, 7) is 5.87. The fraction of sp³-hybridized carbons (Fsp3) is 0.458. The van der Waals surface area contributed by atoms with E-state index >= 15 is 0 Å². The minimum absolute atomic E-state index is 0.206. The number of carbonyl (C=O) groups excluding carboxylic acids is 1. The average molecular weight is 433 g/mol. The van der Waals surface area contributed by atoms with Crippen LogP contribution in [0.4, 0.5) is 13.6 Å². The summed E-state index contributed by atoms with van der Waals surface area (Å²) >= 11 is 0. The van der Waals surface area contributed by atoms with Gasteiger partial charge in [-0.1, -0.05) is 24.3 Å². The van der Waals surface area contributed by atoms with Gasteiger partial charge in [0.1, 0.15) is 11.6 Å². The Morgan fingerprint density at radius 2 is 1.35 bits per heavy atom. The smallest absolute Gasteiger partial charge is 0.318 e. The van der Waals surface area contributed by atoms with Crippen LogP contribution in [0.15, 0.2) is 48.5 Å². The lowest BCUT2D eigenvalue weighted by molar-refractivity contribution is 0.188. The van der Waals surface area contributed by atoms with E-state index in [1.807, 2.05) is 6.92 Å². The van der Waals surface area contributed by atoms with E-state index in [-0.39, 0.29) is 17.7 Å². The third-order valence-corrected chi connectivity index (χ3v) is 5.24. The maximum atomic E-state index is 13.4. The molecule has 170 valence electrons. The van der Waals surface area contributed by atoms with E-state index in [0.29, 0.717) is 13.1 Å². The summed E-state index contributed by atoms with van der Waals surface area (Å²) in [4.78, 5) is 19.2. The molecule has 0 fully saturated rings. The molecule has 0 aliphatic carbocycles. The van der Waals surface area contributed by atoms with Crippen molar-refractivity contribution in [3.05, 3.63) is 71.3 Å². The van der Waals surface area contributed by atoms with Gasteiger partial charge in [-0.15, -0.1) is 0 Å². The number of amides is 2. The molecule has 0 spiro atoms. The molecule has 7 heteroatoms. The highest BCUT2D eigenvalue weighted by Crippen LogP contribution is 2.23. The normalized spacial score (nSPS) is 11.4. The number of urea groups is 1. The molecule has 0 saturated heterocycles. The summed E-state index contributed by atoms with van der Waals surface area (Å²) in [7, 11) is 6.17. The van der Waals surface area contributed by atoms with Crippen molar-refractivity contribution in [3.63, 3.8) is 0 Å². The first-order valence-corrected chi connectivity index (χ1v) is 10.7. The second kappa shape index (κ2) is 12.4. The molecule has 2 amide bonds. The summed E-state index contributed by atoms with van der Waals surface area (Å²) in [5.41, 5.74) is 1.47. The van der Waals surface area contributed by atoms with Crippen molar-refractivity contribution < 1.29 is 13.6 Å². The maximum absolute atomic E-state index is 13.4. The topological polar surface area (TPSA) is 38.8 Å². The number of likely N-dealkylation sites (N-methyl/N-ethyl adjacent to an activating group) is 2. The average Bonchev–Trinajstić information content (AvgIpc) is 2.73. The van der Waals surface area contributed by atoms with Crippen molar-refractivity contribution in [1.82, 2.24) is 20.0 Å². The number of hydrogen-bond donors (Lipinski definition) is 1. The largest absolute Gasteiger partial charge is 0.327 e. The van der Waals surface area contributed by atoms with E-state index in [0.717, 1.165) is 37.2 Å². The molecule has 2 rings (SSSR count). The number of halogens is 2. The van der Waals surface area contributed by atoms with E-state index in [4.69, 9.17) is 0 Å². The quantitative estimate of drug-likeness (QED) is 0.584. The minimum atomic E-state index is -0.499. The zero-order valence-electron chi connectivity index (χ0n) is 18.9. The molecule has 31 heavy (non-hydrogen) atoms. The van der Waals surface area contributed by atoms with Gasteiger partial charge in [0.15, 0.2) is 0 Å². The lowest BCUT2D eigenvalue weighted by atomic mass is 9.98. The Kier molecular flexibility index (Phi) is 9.88. The van der Waals surface area contributed by atoms with Crippen LogP contribution in [-0.4, -0.2) is 74.6 Å². The molecule has 0 heterocycles. The number of rotatable bonds is 11. The molecule has 0 aliphatic rings. The second-order valence-electron chi connectivity index (χ2n) is 8.03. The van der Waals surface area contributed by atoms with E-state index in [1.165, 1.54) is 24.3 Å². The van der Waals surface area contributed by atoms with Crippen LogP contribution in [0.1, 0.15) is 30.5 Å². The van der Waals surface area contributed by atoms with Crippen molar-refractivity contribution in [2.24, 2.45) is 0 Å². The molecule has 5 nitrogen and oxygen atoms in total. The van der Waals surface area contributed by atoms with Gasteiger partial charge in [0, 0.05) is 19.6 Å². The van der Waals surface area contributed by atoms with E-state index in [1.54, 1.807) is 29.2 Å². The standard InChI is InChI=1S/C24H34F2N4O/c1-5-30(18-17-29(4)16-6-15-28(2)3)24(31)27-23(19-7-11-21(25)12-8-19)20-9-13-22(26)14-10-20/h7-14,23H,5-6,15-18H2,1-4H3,(H,27,31). The Morgan fingerprint density at radius 3 is 1.81 bits per heavy atom. The van der Waals surface area contributed by atoms with Crippen molar-refractivity contribution in [3.8, 4) is 0 Å². The third-order valence-electron chi connectivity index (χ3n) is 5.24. The number of hydrogen-bond acceptors (Lipinski definition) is 3. The molecule has 2 aromatic carbocycles. The van der Waals surface area contributed by atoms with Crippen LogP contribution < -0.4 is 5.32 Å². The van der Waals surface area contributed by atoms with Gasteiger partial charge in [0.2, 0.25) is 0 Å². The monoisotopic (exact) mass is 432 g/mol. The van der Waals surface area contributed by atoms with E-state index in [9.17, 15) is 13.6 Å². The summed E-state index contributed by atoms with van der Waals surface area (Å²) in [5, 5.41) is 3.04. The molecule has 0 aliphatic heterocycles. The first-order valence-electron chi connectivity index (χ1n) is 10.7. The Hall–Kier alpha value is -2.51. The molecular weight excluding hydrogens is 398 g/mol. The number of carbonyl (C=O) groups is 1. The van der Waals surface area contributed by atoms with Crippen molar-refractivity contribution in [2.45, 2.75) is 19.4 Å². The second-order valence-corrected chi connectivity index (χ2v) is 8.03. The Balaban J connectivity index is 2.05. The van der Waals surface area contributed by atoms with E-state index in [2.05, 4.69) is 36.3 Å². The maximum Gasteiger partial charge on any atom is 0.318 e. The van der Waals surface area contributed by atoms with Gasteiger partial charge in [-0.25, -0.2) is 13.6 Å². The van der Waals surface area contributed by atoms with Crippen LogP contribution in [0, 0.1) is 11.6 Å². The van der Waals surface area contributed by atoms with Crippen molar-refractivity contribution >= 4 is 6.03 Å². The Bertz CT molecular complexity index is 751. The molecular formula is C24H34F2N4O. The van der Waals surface area contributed by atoms with Gasteiger partial charge in [0.05, 0.1) is 6.04 Å². The Morgan fingerprint density at radius 1 is 0.839 bits per heavy atom. The summed E-state index contributed by atoms with van der Waals surface area (Å²) < 4.78 is 26.8. The SMILES string of the molecule is CCN(CCN(C)CCCN(C)C)C(=O)NC(c1ccc(F)cc1)c1ccc(F)cc1. The molecule has 0 unspecified atom stereocenters. The van der Waals surface area contributed by atoms with Crippen molar-refractivity contribution in [2.75, 3.05) is 53.9 Å². The molecule has 1 N–H and O–H groups in total. The van der Waals surface area contributed by atoms with Gasteiger partial charge in [-0.3, -0.25) is 0 Å². The third kappa shape index (κ3) is 8.26. The predicted octanol–water partition coefficient (Wildman–Crippen LogP) is 3.97. The lowest BCUT2D eigenvalue weighted by Gasteiger charge is -2.28. The molecule has 0 bridgehead atoms. The minimum Gasteiger partial charge on any atom is -0.327 e. The fourth-order valence-electron chi connectivity index (χ4n) is 3.35. The lowest BCUT2D eigenvalue weighted by Crippen LogP contribution is -2.45. The molecule has 0 atom stereocenters. The molecule has 0 radical (unpaired) electrons. The number of nitrogens with zero attached hydrogens (tertiary/aromatic N) is 3. The van der Waals surface area contributed by atoms with Crippen molar-refractivity contribution in [1.29, 1.82) is 0 Å². The van der Waals surface area contributed by atoms with Gasteiger partial charge < -0.3 is 20.0 Å². The Labute approximate surface area is 184 Å². The first kappa shape index (κ1) is 24.8.